The van der Waals surface area contributed by atoms with Gasteiger partial charge in [0.05, 0.1) is 29.8 Å². The number of nitro groups is 1. The van der Waals surface area contributed by atoms with Gasteiger partial charge in [-0.1, -0.05) is 0 Å². The number of ether oxygens (including phenoxy) is 1. The van der Waals surface area contributed by atoms with E-state index in [0.717, 1.165) is 0 Å². The SMILES string of the molecule is CCOC1=CC2N=CNC(=O)C2C=C1[N+](=O)[O-]. The molecular weight excluding hydrogens is 226 g/mol. The number of carbonyl (C=O) groups excluding carboxylic acids is 1. The Hall–Kier alpha value is -2.18. The zero-order chi connectivity index (χ0) is 12.4. The second-order valence-corrected chi connectivity index (χ2v) is 3.58. The molecule has 7 nitrogen and oxygen atoms in total. The molecule has 0 spiro atoms. The first-order valence-corrected chi connectivity index (χ1v) is 5.16. The quantitative estimate of drug-likeness (QED) is 0.561. The van der Waals surface area contributed by atoms with Gasteiger partial charge in [0, 0.05) is 6.08 Å². The summed E-state index contributed by atoms with van der Waals surface area (Å²) in [5, 5.41) is 13.3. The van der Waals surface area contributed by atoms with Crippen LogP contribution in [0.25, 0.3) is 0 Å². The average molecular weight is 237 g/mol. The van der Waals surface area contributed by atoms with Crippen molar-refractivity contribution in [3.05, 3.63) is 33.7 Å². The summed E-state index contributed by atoms with van der Waals surface area (Å²) >= 11 is 0. The molecule has 2 unspecified atom stereocenters. The largest absolute Gasteiger partial charge is 0.487 e. The van der Waals surface area contributed by atoms with Crippen LogP contribution in [0.1, 0.15) is 6.92 Å². The van der Waals surface area contributed by atoms with Gasteiger partial charge in [0.25, 0.3) is 0 Å². The summed E-state index contributed by atoms with van der Waals surface area (Å²) in [7, 11) is 0. The van der Waals surface area contributed by atoms with E-state index >= 15 is 0 Å². The van der Waals surface area contributed by atoms with Gasteiger partial charge in [-0.15, -0.1) is 0 Å². The minimum Gasteiger partial charge on any atom is -0.487 e. The van der Waals surface area contributed by atoms with Crippen LogP contribution in [-0.2, 0) is 9.53 Å². The summed E-state index contributed by atoms with van der Waals surface area (Å²) in [6.07, 6.45) is 4.11. The summed E-state index contributed by atoms with van der Waals surface area (Å²) in [4.78, 5) is 25.9. The molecule has 0 bridgehead atoms. The highest BCUT2D eigenvalue weighted by Gasteiger charge is 2.36. The molecule has 2 atom stereocenters. The van der Waals surface area contributed by atoms with Crippen LogP contribution < -0.4 is 5.32 Å². The first-order chi connectivity index (χ1) is 8.13. The Kier molecular flexibility index (Phi) is 2.90. The van der Waals surface area contributed by atoms with Crippen LogP contribution in [0.15, 0.2) is 28.6 Å². The Morgan fingerprint density at radius 2 is 2.35 bits per heavy atom. The number of carbonyl (C=O) groups is 1. The van der Waals surface area contributed by atoms with Crippen molar-refractivity contribution in [2.24, 2.45) is 10.9 Å². The number of aliphatic imine (C=N–C) groups is 1. The van der Waals surface area contributed by atoms with Crippen molar-refractivity contribution >= 4 is 12.2 Å². The van der Waals surface area contributed by atoms with Crippen LogP contribution >= 0.6 is 0 Å². The van der Waals surface area contributed by atoms with Crippen molar-refractivity contribution < 1.29 is 14.5 Å². The molecule has 0 radical (unpaired) electrons. The van der Waals surface area contributed by atoms with Gasteiger partial charge in [-0.25, -0.2) is 0 Å². The standard InChI is InChI=1S/C10H11N3O4/c1-2-17-9-4-7-6(3-8(9)13(15)16)10(14)12-5-11-7/h3-7H,2H2,1H3,(H,11,12,14). The van der Waals surface area contributed by atoms with Crippen molar-refractivity contribution in [2.75, 3.05) is 6.61 Å². The van der Waals surface area contributed by atoms with Crippen molar-refractivity contribution in [2.45, 2.75) is 13.0 Å². The average Bonchev–Trinajstić information content (AvgIpc) is 2.29. The molecule has 1 aliphatic carbocycles. The Morgan fingerprint density at radius 1 is 1.59 bits per heavy atom. The van der Waals surface area contributed by atoms with Crippen LogP contribution in [0, 0.1) is 16.0 Å². The predicted octanol–water partition coefficient (Wildman–Crippen LogP) is 0.224. The molecule has 0 saturated heterocycles. The van der Waals surface area contributed by atoms with E-state index < -0.39 is 16.9 Å². The summed E-state index contributed by atoms with van der Waals surface area (Å²) < 4.78 is 5.19. The van der Waals surface area contributed by atoms with Crippen molar-refractivity contribution in [1.29, 1.82) is 0 Å². The molecule has 7 heteroatoms. The lowest BCUT2D eigenvalue weighted by molar-refractivity contribution is -0.425. The fraction of sp³-hybridized carbons (Fsp3) is 0.400. The van der Waals surface area contributed by atoms with Gasteiger partial charge < -0.3 is 10.1 Å². The Morgan fingerprint density at radius 3 is 3.00 bits per heavy atom. The van der Waals surface area contributed by atoms with Crippen molar-refractivity contribution in [3.63, 3.8) is 0 Å². The first kappa shape index (κ1) is 11.3. The number of rotatable bonds is 3. The van der Waals surface area contributed by atoms with Crippen LogP contribution in [0.5, 0.6) is 0 Å². The number of nitrogens with one attached hydrogen (secondary N) is 1. The molecule has 0 aromatic rings. The molecule has 1 amide bonds. The van der Waals surface area contributed by atoms with E-state index in [1.807, 2.05) is 0 Å². The third kappa shape index (κ3) is 2.03. The van der Waals surface area contributed by atoms with Crippen LogP contribution in [0.3, 0.4) is 0 Å². The molecular formula is C10H11N3O4. The highest BCUT2D eigenvalue weighted by Crippen LogP contribution is 2.27. The molecule has 0 fully saturated rings. The first-order valence-electron chi connectivity index (χ1n) is 5.16. The van der Waals surface area contributed by atoms with Crippen LogP contribution in [0.2, 0.25) is 0 Å². The number of hydrogen-bond acceptors (Lipinski definition) is 5. The molecule has 2 aliphatic rings. The molecule has 0 aromatic carbocycles. The maximum absolute atomic E-state index is 11.5. The Bertz CT molecular complexity index is 452. The molecule has 1 heterocycles. The van der Waals surface area contributed by atoms with Gasteiger partial charge in [-0.2, -0.15) is 0 Å². The fourth-order valence-electron chi connectivity index (χ4n) is 1.77. The maximum Gasteiger partial charge on any atom is 0.307 e. The normalized spacial score (nSPS) is 26.5. The van der Waals surface area contributed by atoms with E-state index in [2.05, 4.69) is 10.3 Å². The highest BCUT2D eigenvalue weighted by molar-refractivity contribution is 5.93. The maximum atomic E-state index is 11.5. The van der Waals surface area contributed by atoms with Crippen molar-refractivity contribution in [1.82, 2.24) is 5.32 Å². The van der Waals surface area contributed by atoms with E-state index in [1.54, 1.807) is 6.92 Å². The minimum atomic E-state index is -0.635. The topological polar surface area (TPSA) is 93.8 Å². The minimum absolute atomic E-state index is 0.172. The monoisotopic (exact) mass is 237 g/mol. The molecule has 90 valence electrons. The molecule has 0 aromatic heterocycles. The highest BCUT2D eigenvalue weighted by atomic mass is 16.6. The molecule has 1 aliphatic heterocycles. The van der Waals surface area contributed by atoms with Gasteiger partial charge in [0.1, 0.15) is 0 Å². The number of nitrogens with zero attached hydrogens (tertiary/aromatic N) is 2. The van der Waals surface area contributed by atoms with E-state index in [0.29, 0.717) is 6.61 Å². The molecule has 2 rings (SSSR count). The zero-order valence-corrected chi connectivity index (χ0v) is 9.12. The number of hydrogen-bond donors (Lipinski definition) is 1. The van der Waals surface area contributed by atoms with Crippen LogP contribution in [-0.4, -0.2) is 29.8 Å². The Labute approximate surface area is 97.0 Å². The van der Waals surface area contributed by atoms with Crippen molar-refractivity contribution in [3.8, 4) is 0 Å². The lowest BCUT2D eigenvalue weighted by Gasteiger charge is -2.24. The lowest BCUT2D eigenvalue weighted by atomic mass is 9.91. The van der Waals surface area contributed by atoms with Gasteiger partial charge >= 0.3 is 5.70 Å². The van der Waals surface area contributed by atoms with E-state index in [9.17, 15) is 14.9 Å². The molecule has 17 heavy (non-hydrogen) atoms. The smallest absolute Gasteiger partial charge is 0.307 e. The number of amides is 1. The van der Waals surface area contributed by atoms with E-state index in [-0.39, 0.29) is 17.4 Å². The Balaban J connectivity index is 2.37. The third-order valence-corrected chi connectivity index (χ3v) is 2.53. The third-order valence-electron chi connectivity index (χ3n) is 2.53. The van der Waals surface area contributed by atoms with Crippen LogP contribution in [0.4, 0.5) is 0 Å². The summed E-state index contributed by atoms with van der Waals surface area (Å²) in [5.41, 5.74) is -0.180. The summed E-state index contributed by atoms with van der Waals surface area (Å²) in [6.45, 7) is 2.06. The molecule has 1 N–H and O–H groups in total. The second kappa shape index (κ2) is 4.36. The van der Waals surface area contributed by atoms with E-state index in [1.165, 1.54) is 18.5 Å². The fourth-order valence-corrected chi connectivity index (χ4v) is 1.77. The predicted molar refractivity (Wildman–Crippen MR) is 58.7 cm³/mol. The lowest BCUT2D eigenvalue weighted by Crippen LogP contribution is -2.41. The van der Waals surface area contributed by atoms with Gasteiger partial charge in [-0.3, -0.25) is 19.9 Å². The number of fused-ring (bicyclic) bond motifs is 1. The van der Waals surface area contributed by atoms with Gasteiger partial charge in [0.2, 0.25) is 5.91 Å². The summed E-state index contributed by atoms with van der Waals surface area (Å²) in [6, 6.07) is -0.422. The van der Waals surface area contributed by atoms with E-state index in [4.69, 9.17) is 4.74 Å². The second-order valence-electron chi connectivity index (χ2n) is 3.58. The zero-order valence-electron chi connectivity index (χ0n) is 9.12. The van der Waals surface area contributed by atoms with Gasteiger partial charge in [0.15, 0.2) is 5.76 Å². The summed E-state index contributed by atoms with van der Waals surface area (Å²) in [5.74, 6) is -0.758. The van der Waals surface area contributed by atoms with Gasteiger partial charge in [-0.05, 0) is 13.0 Å². The molecule has 0 saturated carbocycles.